The first-order valence-corrected chi connectivity index (χ1v) is 8.86. The summed E-state index contributed by atoms with van der Waals surface area (Å²) in [5.41, 5.74) is 3.28. The van der Waals surface area contributed by atoms with Gasteiger partial charge in [-0.2, -0.15) is 0 Å². The lowest BCUT2D eigenvalue weighted by molar-refractivity contribution is -0.114. The molecule has 1 N–H and O–H groups in total. The number of thiazole rings is 1. The number of rotatable bonds is 3. The van der Waals surface area contributed by atoms with Crippen molar-refractivity contribution in [3.8, 4) is 10.4 Å². The van der Waals surface area contributed by atoms with E-state index in [4.69, 9.17) is 11.6 Å². The molecule has 2 amide bonds. The Labute approximate surface area is 149 Å². The molecule has 0 aliphatic carbocycles. The van der Waals surface area contributed by atoms with Crippen LogP contribution >= 0.6 is 22.9 Å². The number of amides is 2. The number of nitrogens with zero attached hydrogens (tertiary/aromatic N) is 2. The number of hydrogen-bond donors (Lipinski definition) is 1. The van der Waals surface area contributed by atoms with Crippen LogP contribution in [0.2, 0.25) is 5.02 Å². The molecule has 0 saturated heterocycles. The second kappa shape index (κ2) is 6.18. The monoisotopic (exact) mass is 363 g/mol. The molecule has 7 heteroatoms. The Morgan fingerprint density at radius 2 is 2.12 bits per heavy atom. The van der Waals surface area contributed by atoms with Crippen molar-refractivity contribution in [3.05, 3.63) is 34.0 Å². The minimum Gasteiger partial charge on any atom is -0.332 e. The fraction of sp³-hybridized carbons (Fsp3) is 0.353. The Kier molecular flexibility index (Phi) is 4.36. The van der Waals surface area contributed by atoms with Crippen LogP contribution in [0.4, 0.5) is 5.13 Å². The number of anilines is 1. The van der Waals surface area contributed by atoms with Gasteiger partial charge in [0.1, 0.15) is 0 Å². The summed E-state index contributed by atoms with van der Waals surface area (Å²) < 4.78 is 0. The summed E-state index contributed by atoms with van der Waals surface area (Å²) in [4.78, 5) is 30.8. The Hall–Kier alpha value is -1.92. The molecule has 0 radical (unpaired) electrons. The number of halogens is 1. The van der Waals surface area contributed by atoms with E-state index in [0.29, 0.717) is 22.3 Å². The first kappa shape index (κ1) is 16.9. The van der Waals surface area contributed by atoms with E-state index in [9.17, 15) is 9.59 Å². The van der Waals surface area contributed by atoms with Crippen molar-refractivity contribution in [1.29, 1.82) is 0 Å². The number of nitrogens with one attached hydrogen (secondary N) is 1. The summed E-state index contributed by atoms with van der Waals surface area (Å²) in [5, 5.41) is 3.73. The topological polar surface area (TPSA) is 62.3 Å². The van der Waals surface area contributed by atoms with E-state index in [1.54, 1.807) is 6.07 Å². The SMILES string of the molecule is CC(=O)Nc1nc(C)c(-c2cc(Cl)c3c(c2)CN(C(C)C)C3=O)s1. The largest absolute Gasteiger partial charge is 0.332 e. The van der Waals surface area contributed by atoms with E-state index in [1.165, 1.54) is 18.3 Å². The van der Waals surface area contributed by atoms with Crippen LogP contribution < -0.4 is 5.32 Å². The van der Waals surface area contributed by atoms with Gasteiger partial charge in [-0.1, -0.05) is 22.9 Å². The molecule has 1 aliphatic heterocycles. The van der Waals surface area contributed by atoms with Crippen LogP contribution in [0.1, 0.15) is 42.4 Å². The van der Waals surface area contributed by atoms with Crippen molar-refractivity contribution >= 4 is 39.9 Å². The number of aryl methyl sites for hydroxylation is 1. The van der Waals surface area contributed by atoms with Gasteiger partial charge >= 0.3 is 0 Å². The van der Waals surface area contributed by atoms with E-state index >= 15 is 0 Å². The van der Waals surface area contributed by atoms with Crippen LogP contribution in [-0.4, -0.2) is 27.7 Å². The highest BCUT2D eigenvalue weighted by atomic mass is 35.5. The van der Waals surface area contributed by atoms with E-state index in [0.717, 1.165) is 21.7 Å². The smallest absolute Gasteiger partial charge is 0.256 e. The summed E-state index contributed by atoms with van der Waals surface area (Å²) in [7, 11) is 0. The van der Waals surface area contributed by atoms with E-state index in [2.05, 4.69) is 10.3 Å². The summed E-state index contributed by atoms with van der Waals surface area (Å²) in [6, 6.07) is 3.93. The first-order valence-electron chi connectivity index (χ1n) is 7.66. The summed E-state index contributed by atoms with van der Waals surface area (Å²) in [6.07, 6.45) is 0. The highest BCUT2D eigenvalue weighted by Crippen LogP contribution is 2.39. The molecule has 1 aliphatic rings. The fourth-order valence-electron chi connectivity index (χ4n) is 2.84. The lowest BCUT2D eigenvalue weighted by atomic mass is 10.0. The molecule has 1 aromatic carbocycles. The molecule has 3 rings (SSSR count). The third-order valence-corrected chi connectivity index (χ3v) is 5.37. The maximum Gasteiger partial charge on any atom is 0.256 e. The van der Waals surface area contributed by atoms with Gasteiger partial charge in [-0.3, -0.25) is 9.59 Å². The molecule has 0 atom stereocenters. The van der Waals surface area contributed by atoms with Crippen LogP contribution in [0.25, 0.3) is 10.4 Å². The molecule has 1 aromatic heterocycles. The zero-order valence-corrected chi connectivity index (χ0v) is 15.5. The van der Waals surface area contributed by atoms with Gasteiger partial charge in [0.25, 0.3) is 5.91 Å². The quantitative estimate of drug-likeness (QED) is 0.893. The van der Waals surface area contributed by atoms with E-state index in [1.807, 2.05) is 31.7 Å². The highest BCUT2D eigenvalue weighted by molar-refractivity contribution is 7.19. The molecular formula is C17H18ClN3O2S. The Balaban J connectivity index is 2.03. The average molecular weight is 364 g/mol. The zero-order chi connectivity index (χ0) is 17.6. The predicted octanol–water partition coefficient (Wildman–Crippen LogP) is 4.09. The minimum atomic E-state index is -0.152. The van der Waals surface area contributed by atoms with Gasteiger partial charge in [-0.15, -0.1) is 0 Å². The zero-order valence-electron chi connectivity index (χ0n) is 13.9. The number of carbonyl (C=O) groups excluding carboxylic acids is 2. The van der Waals surface area contributed by atoms with Crippen LogP contribution in [0.15, 0.2) is 12.1 Å². The molecule has 5 nitrogen and oxygen atoms in total. The molecule has 0 bridgehead atoms. The van der Waals surface area contributed by atoms with Crippen LogP contribution in [0.5, 0.6) is 0 Å². The van der Waals surface area contributed by atoms with Crippen molar-refractivity contribution in [2.75, 3.05) is 5.32 Å². The molecule has 126 valence electrons. The first-order chi connectivity index (χ1) is 11.3. The number of aromatic nitrogens is 1. The molecule has 2 aromatic rings. The van der Waals surface area contributed by atoms with E-state index in [-0.39, 0.29) is 17.9 Å². The van der Waals surface area contributed by atoms with Gasteiger partial charge in [0.2, 0.25) is 5.91 Å². The van der Waals surface area contributed by atoms with Crippen molar-refractivity contribution < 1.29 is 9.59 Å². The molecule has 24 heavy (non-hydrogen) atoms. The Morgan fingerprint density at radius 3 is 2.75 bits per heavy atom. The second-order valence-corrected chi connectivity index (χ2v) is 7.54. The van der Waals surface area contributed by atoms with Crippen molar-refractivity contribution in [2.45, 2.75) is 40.3 Å². The lowest BCUT2D eigenvalue weighted by Gasteiger charge is -2.19. The Bertz CT molecular complexity index is 845. The predicted molar refractivity (Wildman–Crippen MR) is 96.6 cm³/mol. The molecular weight excluding hydrogens is 346 g/mol. The van der Waals surface area contributed by atoms with E-state index < -0.39 is 0 Å². The van der Waals surface area contributed by atoms with Gasteiger partial charge in [-0.25, -0.2) is 4.98 Å². The summed E-state index contributed by atoms with van der Waals surface area (Å²) in [6.45, 7) is 7.89. The molecule has 0 fully saturated rings. The van der Waals surface area contributed by atoms with Crippen molar-refractivity contribution in [1.82, 2.24) is 9.88 Å². The fourth-order valence-corrected chi connectivity index (χ4v) is 4.16. The highest BCUT2D eigenvalue weighted by Gasteiger charge is 2.32. The molecule has 0 spiro atoms. The van der Waals surface area contributed by atoms with Gasteiger partial charge in [-0.05, 0) is 44.0 Å². The van der Waals surface area contributed by atoms with Gasteiger partial charge < -0.3 is 10.2 Å². The van der Waals surface area contributed by atoms with Crippen LogP contribution in [0.3, 0.4) is 0 Å². The maximum atomic E-state index is 12.5. The van der Waals surface area contributed by atoms with Crippen molar-refractivity contribution in [2.24, 2.45) is 0 Å². The molecule has 0 saturated carbocycles. The van der Waals surface area contributed by atoms with Gasteiger partial charge in [0, 0.05) is 19.5 Å². The normalized spacial score (nSPS) is 13.6. The van der Waals surface area contributed by atoms with Gasteiger partial charge in [0.05, 0.1) is 21.2 Å². The van der Waals surface area contributed by atoms with Crippen LogP contribution in [-0.2, 0) is 11.3 Å². The lowest BCUT2D eigenvalue weighted by Crippen LogP contribution is -2.30. The third kappa shape index (κ3) is 2.91. The maximum absolute atomic E-state index is 12.5. The summed E-state index contributed by atoms with van der Waals surface area (Å²) in [5.74, 6) is -0.169. The number of benzene rings is 1. The standard InChI is InChI=1S/C17H18ClN3O2S/c1-8(2)21-7-12-5-11(6-13(18)14(12)16(21)23)15-9(3)19-17(24-15)20-10(4)22/h5-6,8H,7H2,1-4H3,(H,19,20,22). The second-order valence-electron chi connectivity index (χ2n) is 6.13. The Morgan fingerprint density at radius 1 is 1.42 bits per heavy atom. The van der Waals surface area contributed by atoms with Gasteiger partial charge in [0.15, 0.2) is 5.13 Å². The average Bonchev–Trinajstić information content (AvgIpc) is 2.99. The number of carbonyl (C=O) groups is 2. The molecule has 0 unspecified atom stereocenters. The summed E-state index contributed by atoms with van der Waals surface area (Å²) >= 11 is 7.80. The number of hydrogen-bond acceptors (Lipinski definition) is 4. The van der Waals surface area contributed by atoms with Crippen molar-refractivity contribution in [3.63, 3.8) is 0 Å². The van der Waals surface area contributed by atoms with Crippen LogP contribution in [0, 0.1) is 6.92 Å². The minimum absolute atomic E-state index is 0.0171. The number of fused-ring (bicyclic) bond motifs is 1. The third-order valence-electron chi connectivity index (χ3n) is 3.95. The molecule has 2 heterocycles.